The average Bonchev–Trinajstić information content (AvgIpc) is 3.17. The van der Waals surface area contributed by atoms with E-state index in [-0.39, 0.29) is 5.91 Å². The molecule has 0 bridgehead atoms. The number of nitrogens with two attached hydrogens (primary N) is 1. The highest BCUT2D eigenvalue weighted by atomic mass is 79.9. The van der Waals surface area contributed by atoms with Crippen LogP contribution in [0.3, 0.4) is 0 Å². The number of nitrogen functional groups attached to an aromatic ring is 1. The molecule has 104 valence electrons. The molecule has 1 saturated carbocycles. The maximum atomic E-state index is 12.5. The smallest absolute Gasteiger partial charge is 0.290 e. The fourth-order valence-corrected chi connectivity index (χ4v) is 2.52. The Balaban J connectivity index is 1.81. The summed E-state index contributed by atoms with van der Waals surface area (Å²) in [6, 6.07) is 11.4. The summed E-state index contributed by atoms with van der Waals surface area (Å²) in [5, 5.41) is 0. The normalized spacial score (nSPS) is 14.2. The summed E-state index contributed by atoms with van der Waals surface area (Å²) in [6.07, 6.45) is 2.10. The predicted molar refractivity (Wildman–Crippen MR) is 80.2 cm³/mol. The van der Waals surface area contributed by atoms with E-state index in [0.717, 1.165) is 18.4 Å². The van der Waals surface area contributed by atoms with Gasteiger partial charge in [0, 0.05) is 18.3 Å². The van der Waals surface area contributed by atoms with Crippen molar-refractivity contribution in [1.82, 2.24) is 4.90 Å². The van der Waals surface area contributed by atoms with Crippen molar-refractivity contribution in [2.24, 2.45) is 0 Å². The van der Waals surface area contributed by atoms with Gasteiger partial charge in [-0.25, -0.2) is 0 Å². The van der Waals surface area contributed by atoms with Crippen molar-refractivity contribution in [2.75, 3.05) is 5.73 Å². The Hall–Kier alpha value is -1.75. The van der Waals surface area contributed by atoms with Gasteiger partial charge in [0.2, 0.25) is 0 Å². The Morgan fingerprint density at radius 1 is 1.35 bits per heavy atom. The number of hydrogen-bond donors (Lipinski definition) is 1. The highest BCUT2D eigenvalue weighted by Crippen LogP contribution is 2.30. The molecule has 1 fully saturated rings. The summed E-state index contributed by atoms with van der Waals surface area (Å²) in [7, 11) is 0. The largest absolute Gasteiger partial charge is 0.444 e. The molecule has 0 atom stereocenters. The monoisotopic (exact) mass is 334 g/mol. The predicted octanol–water partition coefficient (Wildman–Crippen LogP) is 3.43. The highest BCUT2D eigenvalue weighted by molar-refractivity contribution is 9.10. The molecule has 0 aliphatic heterocycles. The number of anilines is 1. The van der Waals surface area contributed by atoms with E-state index in [1.807, 2.05) is 29.2 Å². The number of carbonyl (C=O) groups excluding carboxylic acids is 1. The molecule has 1 aliphatic carbocycles. The van der Waals surface area contributed by atoms with Gasteiger partial charge in [-0.1, -0.05) is 12.1 Å². The number of amides is 1. The van der Waals surface area contributed by atoms with Crippen LogP contribution in [0.5, 0.6) is 0 Å². The van der Waals surface area contributed by atoms with Crippen LogP contribution < -0.4 is 5.73 Å². The third kappa shape index (κ3) is 2.88. The second-order valence-corrected chi connectivity index (χ2v) is 5.79. The zero-order valence-corrected chi connectivity index (χ0v) is 12.5. The molecule has 0 spiro atoms. The van der Waals surface area contributed by atoms with Gasteiger partial charge in [0.25, 0.3) is 5.91 Å². The van der Waals surface area contributed by atoms with Gasteiger partial charge in [-0.15, -0.1) is 0 Å². The average molecular weight is 335 g/mol. The molecular formula is C15H15BrN2O2. The van der Waals surface area contributed by atoms with Crippen LogP contribution in [-0.2, 0) is 6.54 Å². The van der Waals surface area contributed by atoms with Crippen molar-refractivity contribution < 1.29 is 9.21 Å². The second-order valence-electron chi connectivity index (χ2n) is 5.01. The molecule has 0 radical (unpaired) electrons. The van der Waals surface area contributed by atoms with E-state index in [2.05, 4.69) is 15.9 Å². The highest BCUT2D eigenvalue weighted by Gasteiger charge is 2.34. The zero-order chi connectivity index (χ0) is 14.1. The lowest BCUT2D eigenvalue weighted by atomic mass is 10.2. The van der Waals surface area contributed by atoms with E-state index in [9.17, 15) is 4.79 Å². The van der Waals surface area contributed by atoms with Crippen LogP contribution in [-0.4, -0.2) is 16.8 Å². The minimum Gasteiger partial charge on any atom is -0.444 e. The minimum absolute atomic E-state index is 0.0689. The molecular weight excluding hydrogens is 320 g/mol. The molecule has 2 aromatic rings. The third-order valence-corrected chi connectivity index (χ3v) is 3.76. The van der Waals surface area contributed by atoms with Gasteiger partial charge in [-0.05, 0) is 58.6 Å². The van der Waals surface area contributed by atoms with E-state index in [1.165, 1.54) is 0 Å². The summed E-state index contributed by atoms with van der Waals surface area (Å²) < 4.78 is 5.94. The molecule has 3 rings (SSSR count). The van der Waals surface area contributed by atoms with Gasteiger partial charge in [-0.3, -0.25) is 4.79 Å². The second kappa shape index (κ2) is 5.32. The number of carbonyl (C=O) groups is 1. The van der Waals surface area contributed by atoms with Gasteiger partial charge < -0.3 is 15.1 Å². The maximum Gasteiger partial charge on any atom is 0.290 e. The van der Waals surface area contributed by atoms with Crippen molar-refractivity contribution in [2.45, 2.75) is 25.4 Å². The number of hydrogen-bond acceptors (Lipinski definition) is 3. The first kappa shape index (κ1) is 13.2. The molecule has 0 saturated heterocycles. The lowest BCUT2D eigenvalue weighted by Crippen LogP contribution is -2.32. The molecule has 5 heteroatoms. The van der Waals surface area contributed by atoms with Crippen LogP contribution in [0.25, 0.3) is 0 Å². The summed E-state index contributed by atoms with van der Waals surface area (Å²) in [4.78, 5) is 14.4. The van der Waals surface area contributed by atoms with Gasteiger partial charge in [0.15, 0.2) is 10.4 Å². The van der Waals surface area contributed by atoms with E-state index in [0.29, 0.717) is 28.7 Å². The SMILES string of the molecule is Nc1cccc(CN(C(=O)c2ccc(Br)o2)C2CC2)c1. The van der Waals surface area contributed by atoms with E-state index in [1.54, 1.807) is 12.1 Å². The van der Waals surface area contributed by atoms with Crippen LogP contribution in [0.2, 0.25) is 0 Å². The number of benzene rings is 1. The molecule has 4 nitrogen and oxygen atoms in total. The summed E-state index contributed by atoms with van der Waals surface area (Å²) in [6.45, 7) is 0.562. The van der Waals surface area contributed by atoms with Crippen molar-refractivity contribution >= 4 is 27.5 Å². The summed E-state index contributed by atoms with van der Waals surface area (Å²) in [5.41, 5.74) is 7.54. The standard InChI is InChI=1S/C15H15BrN2O2/c16-14-7-6-13(20-14)15(19)18(12-4-5-12)9-10-2-1-3-11(17)8-10/h1-3,6-8,12H,4-5,9,17H2. The van der Waals surface area contributed by atoms with Gasteiger partial charge in [0.05, 0.1) is 0 Å². The van der Waals surface area contributed by atoms with E-state index in [4.69, 9.17) is 10.2 Å². The quantitative estimate of drug-likeness (QED) is 0.871. The van der Waals surface area contributed by atoms with Crippen LogP contribution >= 0.6 is 15.9 Å². The minimum atomic E-state index is -0.0689. The zero-order valence-electron chi connectivity index (χ0n) is 10.9. The van der Waals surface area contributed by atoms with Gasteiger partial charge >= 0.3 is 0 Å². The Labute approximate surface area is 125 Å². The third-order valence-electron chi connectivity index (χ3n) is 3.34. The van der Waals surface area contributed by atoms with Crippen molar-refractivity contribution in [3.63, 3.8) is 0 Å². The fourth-order valence-electron chi connectivity index (χ4n) is 2.21. The Morgan fingerprint density at radius 2 is 2.15 bits per heavy atom. The van der Waals surface area contributed by atoms with Crippen LogP contribution in [0.1, 0.15) is 29.0 Å². The van der Waals surface area contributed by atoms with Crippen LogP contribution in [0, 0.1) is 0 Å². The van der Waals surface area contributed by atoms with Crippen LogP contribution in [0.4, 0.5) is 5.69 Å². The first-order valence-corrected chi connectivity index (χ1v) is 7.33. The Morgan fingerprint density at radius 3 is 2.75 bits per heavy atom. The number of furan rings is 1. The maximum absolute atomic E-state index is 12.5. The molecule has 2 N–H and O–H groups in total. The topological polar surface area (TPSA) is 59.5 Å². The van der Waals surface area contributed by atoms with E-state index < -0.39 is 0 Å². The number of rotatable bonds is 4. The van der Waals surface area contributed by atoms with Crippen molar-refractivity contribution in [1.29, 1.82) is 0 Å². The van der Waals surface area contributed by atoms with Crippen molar-refractivity contribution in [3.8, 4) is 0 Å². The van der Waals surface area contributed by atoms with Crippen molar-refractivity contribution in [3.05, 3.63) is 52.4 Å². The molecule has 1 amide bonds. The van der Waals surface area contributed by atoms with Gasteiger partial charge in [0.1, 0.15) is 0 Å². The Bertz CT molecular complexity index is 634. The van der Waals surface area contributed by atoms with E-state index >= 15 is 0 Å². The van der Waals surface area contributed by atoms with Gasteiger partial charge in [-0.2, -0.15) is 0 Å². The fraction of sp³-hybridized carbons (Fsp3) is 0.267. The van der Waals surface area contributed by atoms with Crippen LogP contribution in [0.15, 0.2) is 45.5 Å². The molecule has 20 heavy (non-hydrogen) atoms. The first-order chi connectivity index (χ1) is 9.63. The Kier molecular flexibility index (Phi) is 3.53. The molecule has 1 aromatic carbocycles. The molecule has 1 heterocycles. The molecule has 0 unspecified atom stereocenters. The lowest BCUT2D eigenvalue weighted by Gasteiger charge is -2.21. The first-order valence-electron chi connectivity index (χ1n) is 6.54. The molecule has 1 aromatic heterocycles. The number of nitrogens with zero attached hydrogens (tertiary/aromatic N) is 1. The lowest BCUT2D eigenvalue weighted by molar-refractivity contribution is 0.0696. The molecule has 1 aliphatic rings. The summed E-state index contributed by atoms with van der Waals surface area (Å²) in [5.74, 6) is 0.299. The number of halogens is 1. The summed E-state index contributed by atoms with van der Waals surface area (Å²) >= 11 is 3.22.